The Morgan fingerprint density at radius 1 is 1.15 bits per heavy atom. The lowest BCUT2D eigenvalue weighted by atomic mass is 10.0. The molecule has 1 N–H and O–H groups in total. The number of rotatable bonds is 8. The Labute approximate surface area is 165 Å². The molecule has 146 valence electrons. The first-order chi connectivity index (χ1) is 12.7. The molecule has 0 radical (unpaired) electrons. The molecule has 0 aromatic heterocycles. The van der Waals surface area contributed by atoms with Crippen molar-refractivity contribution in [1.29, 1.82) is 0 Å². The van der Waals surface area contributed by atoms with Gasteiger partial charge in [-0.15, -0.1) is 0 Å². The molecule has 0 aliphatic carbocycles. The van der Waals surface area contributed by atoms with Gasteiger partial charge in [0.2, 0.25) is 15.9 Å². The number of carbonyl (C=O) groups is 1. The third kappa shape index (κ3) is 6.86. The molecule has 1 unspecified atom stereocenters. The summed E-state index contributed by atoms with van der Waals surface area (Å²) in [5.41, 5.74) is 1.63. The van der Waals surface area contributed by atoms with E-state index < -0.39 is 16.1 Å². The summed E-state index contributed by atoms with van der Waals surface area (Å²) in [5.74, 6) is 0.565. The van der Waals surface area contributed by atoms with Gasteiger partial charge in [0.25, 0.3) is 0 Å². The maximum absolute atomic E-state index is 12.6. The molecule has 0 saturated carbocycles. The van der Waals surface area contributed by atoms with Crippen molar-refractivity contribution in [3.63, 3.8) is 0 Å². The molecular formula is C19H23ClN2O4S. The molecule has 2 aromatic carbocycles. The quantitative estimate of drug-likeness (QED) is 0.725. The van der Waals surface area contributed by atoms with Gasteiger partial charge in [0.1, 0.15) is 5.75 Å². The second-order valence-electron chi connectivity index (χ2n) is 6.30. The van der Waals surface area contributed by atoms with E-state index in [-0.39, 0.29) is 12.3 Å². The predicted molar refractivity (Wildman–Crippen MR) is 106 cm³/mol. The first-order valence-corrected chi connectivity index (χ1v) is 10.5. The van der Waals surface area contributed by atoms with E-state index in [0.29, 0.717) is 17.1 Å². The minimum absolute atomic E-state index is 0.00135. The average molecular weight is 411 g/mol. The summed E-state index contributed by atoms with van der Waals surface area (Å²) in [6.07, 6.45) is 1.07. The summed E-state index contributed by atoms with van der Waals surface area (Å²) in [7, 11) is -0.207. The molecule has 0 bridgehead atoms. The average Bonchev–Trinajstić information content (AvgIpc) is 2.61. The van der Waals surface area contributed by atoms with Crippen molar-refractivity contribution in [3.05, 3.63) is 64.7 Å². The minimum Gasteiger partial charge on any atom is -0.497 e. The van der Waals surface area contributed by atoms with Crippen molar-refractivity contribution in [2.75, 3.05) is 20.4 Å². The monoisotopic (exact) mass is 410 g/mol. The lowest BCUT2D eigenvalue weighted by molar-refractivity contribution is -0.130. The van der Waals surface area contributed by atoms with Gasteiger partial charge < -0.3 is 9.64 Å². The summed E-state index contributed by atoms with van der Waals surface area (Å²) in [4.78, 5) is 14.2. The summed E-state index contributed by atoms with van der Waals surface area (Å²) in [5, 5.41) is 0.541. The maximum Gasteiger partial charge on any atom is 0.224 e. The predicted octanol–water partition coefficient (Wildman–Crippen LogP) is 2.99. The fraction of sp³-hybridized carbons (Fsp3) is 0.316. The van der Waals surface area contributed by atoms with Gasteiger partial charge in [-0.2, -0.15) is 0 Å². The molecule has 0 fully saturated rings. The zero-order valence-corrected chi connectivity index (χ0v) is 17.0. The van der Waals surface area contributed by atoms with E-state index in [4.69, 9.17) is 16.3 Å². The first-order valence-electron chi connectivity index (χ1n) is 8.27. The van der Waals surface area contributed by atoms with E-state index in [1.807, 2.05) is 24.3 Å². The van der Waals surface area contributed by atoms with E-state index in [0.717, 1.165) is 17.6 Å². The highest BCUT2D eigenvalue weighted by Gasteiger charge is 2.22. The third-order valence-electron chi connectivity index (χ3n) is 4.01. The zero-order chi connectivity index (χ0) is 20.0. The molecule has 2 aromatic rings. The largest absolute Gasteiger partial charge is 0.497 e. The van der Waals surface area contributed by atoms with Crippen molar-refractivity contribution >= 4 is 27.5 Å². The number of carbonyl (C=O) groups excluding carboxylic acids is 1. The van der Waals surface area contributed by atoms with E-state index >= 15 is 0 Å². The Morgan fingerprint density at radius 2 is 1.74 bits per heavy atom. The molecule has 0 saturated heterocycles. The topological polar surface area (TPSA) is 75.7 Å². The smallest absolute Gasteiger partial charge is 0.224 e. The highest BCUT2D eigenvalue weighted by molar-refractivity contribution is 7.88. The second-order valence-corrected chi connectivity index (χ2v) is 8.51. The summed E-state index contributed by atoms with van der Waals surface area (Å²) in [6, 6.07) is 13.5. The number of benzene rings is 2. The lowest BCUT2D eigenvalue weighted by Gasteiger charge is -2.22. The highest BCUT2D eigenvalue weighted by atomic mass is 35.5. The second kappa shape index (κ2) is 9.21. The molecule has 1 atom stereocenters. The highest BCUT2D eigenvalue weighted by Crippen LogP contribution is 2.22. The van der Waals surface area contributed by atoms with Crippen LogP contribution in [0, 0.1) is 0 Å². The van der Waals surface area contributed by atoms with Crippen LogP contribution in [0.25, 0.3) is 0 Å². The molecular weight excluding hydrogens is 388 g/mol. The molecule has 27 heavy (non-hydrogen) atoms. The van der Waals surface area contributed by atoms with Gasteiger partial charge >= 0.3 is 0 Å². The number of sulfonamides is 1. The van der Waals surface area contributed by atoms with Crippen molar-refractivity contribution in [1.82, 2.24) is 9.62 Å². The van der Waals surface area contributed by atoms with Gasteiger partial charge in [-0.1, -0.05) is 35.9 Å². The Kier molecular flexibility index (Phi) is 7.24. The molecule has 0 aliphatic heterocycles. The van der Waals surface area contributed by atoms with Crippen LogP contribution in [0.2, 0.25) is 5.02 Å². The lowest BCUT2D eigenvalue weighted by Crippen LogP contribution is -2.34. The number of amides is 1. The standard InChI is InChI=1S/C19H23ClN2O4S/c1-22(13-14-4-10-17(26-2)11-5-14)19(23)12-18(21-27(3,24)25)15-6-8-16(20)9-7-15/h4-11,18,21H,12-13H2,1-3H3. The van der Waals surface area contributed by atoms with E-state index in [2.05, 4.69) is 4.72 Å². The molecule has 0 aliphatic rings. The molecule has 8 heteroatoms. The Balaban J connectivity index is 2.10. The van der Waals surface area contributed by atoms with E-state index in [9.17, 15) is 13.2 Å². The fourth-order valence-electron chi connectivity index (χ4n) is 2.60. The minimum atomic E-state index is -3.49. The van der Waals surface area contributed by atoms with Crippen LogP contribution in [-0.2, 0) is 21.4 Å². The number of ether oxygens (including phenoxy) is 1. The molecule has 0 heterocycles. The number of halogens is 1. The van der Waals surface area contributed by atoms with Gasteiger partial charge in [-0.3, -0.25) is 4.79 Å². The zero-order valence-electron chi connectivity index (χ0n) is 15.5. The van der Waals surface area contributed by atoms with Gasteiger partial charge in [0, 0.05) is 25.0 Å². The third-order valence-corrected chi connectivity index (χ3v) is 4.98. The van der Waals surface area contributed by atoms with Crippen LogP contribution in [-0.4, -0.2) is 39.6 Å². The summed E-state index contributed by atoms with van der Waals surface area (Å²) >= 11 is 5.89. The SMILES string of the molecule is COc1ccc(CN(C)C(=O)CC(NS(C)(=O)=O)c2ccc(Cl)cc2)cc1. The fourth-order valence-corrected chi connectivity index (χ4v) is 3.47. The first kappa shape index (κ1) is 21.2. The maximum atomic E-state index is 12.6. The number of nitrogens with zero attached hydrogens (tertiary/aromatic N) is 1. The normalized spacial score (nSPS) is 12.4. The molecule has 0 spiro atoms. The Hall–Kier alpha value is -2.09. The van der Waals surface area contributed by atoms with Crippen molar-refractivity contribution < 1.29 is 17.9 Å². The number of nitrogens with one attached hydrogen (secondary N) is 1. The van der Waals surface area contributed by atoms with Gasteiger partial charge in [0.05, 0.1) is 19.4 Å². The van der Waals surface area contributed by atoms with Crippen LogP contribution in [0.1, 0.15) is 23.6 Å². The van der Waals surface area contributed by atoms with Gasteiger partial charge in [-0.05, 0) is 35.4 Å². The van der Waals surface area contributed by atoms with E-state index in [1.54, 1.807) is 43.3 Å². The Bertz CT molecular complexity index is 868. The van der Waals surface area contributed by atoms with Gasteiger partial charge in [-0.25, -0.2) is 13.1 Å². The molecule has 2 rings (SSSR count). The summed E-state index contributed by atoms with van der Waals surface area (Å²) < 4.78 is 31.1. The molecule has 6 nitrogen and oxygen atoms in total. The summed E-state index contributed by atoms with van der Waals surface area (Å²) in [6.45, 7) is 0.412. The van der Waals surface area contributed by atoms with Gasteiger partial charge in [0.15, 0.2) is 0 Å². The Morgan fingerprint density at radius 3 is 2.26 bits per heavy atom. The van der Waals surface area contributed by atoms with Crippen molar-refractivity contribution in [2.45, 2.75) is 19.0 Å². The van der Waals surface area contributed by atoms with Crippen LogP contribution >= 0.6 is 11.6 Å². The van der Waals surface area contributed by atoms with Crippen molar-refractivity contribution in [3.8, 4) is 5.75 Å². The van der Waals surface area contributed by atoms with Crippen LogP contribution < -0.4 is 9.46 Å². The van der Waals surface area contributed by atoms with Crippen molar-refractivity contribution in [2.24, 2.45) is 0 Å². The number of methoxy groups -OCH3 is 1. The van der Waals surface area contributed by atoms with Crippen LogP contribution in [0.4, 0.5) is 0 Å². The van der Waals surface area contributed by atoms with Crippen LogP contribution in [0.3, 0.4) is 0 Å². The van der Waals surface area contributed by atoms with Crippen LogP contribution in [0.15, 0.2) is 48.5 Å². The molecule has 1 amide bonds. The van der Waals surface area contributed by atoms with Crippen LogP contribution in [0.5, 0.6) is 5.75 Å². The van der Waals surface area contributed by atoms with E-state index in [1.165, 1.54) is 0 Å². The number of hydrogen-bond donors (Lipinski definition) is 1. The number of hydrogen-bond acceptors (Lipinski definition) is 4.